The molecule has 0 radical (unpaired) electrons. The van der Waals surface area contributed by atoms with Crippen molar-refractivity contribution in [1.82, 2.24) is 0 Å². The highest BCUT2D eigenvalue weighted by Crippen LogP contribution is 2.33. The van der Waals surface area contributed by atoms with E-state index >= 15 is 0 Å². The third kappa shape index (κ3) is 3.80. The number of para-hydroxylation sites is 1. The molecule has 0 amide bonds. The van der Waals surface area contributed by atoms with E-state index in [4.69, 9.17) is 5.73 Å². The van der Waals surface area contributed by atoms with Gasteiger partial charge >= 0.3 is 0 Å². The van der Waals surface area contributed by atoms with Crippen LogP contribution in [-0.4, -0.2) is 12.8 Å². The smallest absolute Gasteiger partial charge is 0.0467 e. The third-order valence-electron chi connectivity index (χ3n) is 3.63. The zero-order valence-electron chi connectivity index (χ0n) is 12.9. The first-order chi connectivity index (χ1) is 10.3. The normalized spacial score (nSPS) is 10.6. The number of rotatable bonds is 7. The molecule has 2 aromatic carbocycles. The first-order valence-electron chi connectivity index (χ1n) is 7.50. The van der Waals surface area contributed by atoms with Gasteiger partial charge in [0.25, 0.3) is 0 Å². The van der Waals surface area contributed by atoms with E-state index < -0.39 is 0 Å². The lowest BCUT2D eigenvalue weighted by Gasteiger charge is -2.28. The highest BCUT2D eigenvalue weighted by molar-refractivity contribution is 7.98. The van der Waals surface area contributed by atoms with Gasteiger partial charge in [-0.2, -0.15) is 0 Å². The minimum atomic E-state index is 0.571. The SMILES string of the molecule is CCCCN(c1ccccc1)c1cccc(SC)c1CN. The van der Waals surface area contributed by atoms with Crippen molar-refractivity contribution in [3.8, 4) is 0 Å². The van der Waals surface area contributed by atoms with E-state index in [0.717, 1.165) is 6.54 Å². The summed E-state index contributed by atoms with van der Waals surface area (Å²) in [6.07, 6.45) is 4.46. The van der Waals surface area contributed by atoms with Crippen molar-refractivity contribution in [1.29, 1.82) is 0 Å². The predicted molar refractivity (Wildman–Crippen MR) is 94.5 cm³/mol. The van der Waals surface area contributed by atoms with E-state index in [2.05, 4.69) is 66.6 Å². The molecule has 3 heteroatoms. The number of hydrogen-bond acceptors (Lipinski definition) is 3. The van der Waals surface area contributed by atoms with Crippen LogP contribution in [0.25, 0.3) is 0 Å². The molecule has 0 spiro atoms. The molecular weight excluding hydrogens is 276 g/mol. The molecule has 0 saturated heterocycles. The molecule has 0 atom stereocenters. The Morgan fingerprint density at radius 3 is 2.43 bits per heavy atom. The molecule has 0 aliphatic rings. The van der Waals surface area contributed by atoms with Crippen LogP contribution >= 0.6 is 11.8 Å². The molecule has 0 saturated carbocycles. The van der Waals surface area contributed by atoms with Gasteiger partial charge in [0, 0.05) is 34.9 Å². The molecule has 2 rings (SSSR count). The van der Waals surface area contributed by atoms with Gasteiger partial charge in [-0.25, -0.2) is 0 Å². The fraction of sp³-hybridized carbons (Fsp3) is 0.333. The van der Waals surface area contributed by atoms with Gasteiger partial charge < -0.3 is 10.6 Å². The average molecular weight is 300 g/mol. The molecular formula is C18H24N2S. The molecule has 0 fully saturated rings. The Balaban J connectivity index is 2.46. The molecule has 2 aromatic rings. The predicted octanol–water partition coefficient (Wildman–Crippen LogP) is 4.81. The van der Waals surface area contributed by atoms with E-state index in [1.165, 1.54) is 34.7 Å². The van der Waals surface area contributed by atoms with Gasteiger partial charge in [0.2, 0.25) is 0 Å². The van der Waals surface area contributed by atoms with Gasteiger partial charge in [-0.3, -0.25) is 0 Å². The Morgan fingerprint density at radius 2 is 1.81 bits per heavy atom. The highest BCUT2D eigenvalue weighted by Gasteiger charge is 2.14. The molecule has 21 heavy (non-hydrogen) atoms. The number of nitrogens with zero attached hydrogens (tertiary/aromatic N) is 1. The van der Waals surface area contributed by atoms with Gasteiger partial charge in [0.15, 0.2) is 0 Å². The van der Waals surface area contributed by atoms with Crippen molar-refractivity contribution in [2.24, 2.45) is 5.73 Å². The minimum Gasteiger partial charge on any atom is -0.341 e. The van der Waals surface area contributed by atoms with Crippen molar-refractivity contribution in [3.63, 3.8) is 0 Å². The number of anilines is 2. The molecule has 0 bridgehead atoms. The summed E-state index contributed by atoms with van der Waals surface area (Å²) in [5, 5.41) is 0. The Labute approximate surface area is 132 Å². The fourth-order valence-electron chi connectivity index (χ4n) is 2.52. The van der Waals surface area contributed by atoms with Crippen molar-refractivity contribution in [2.45, 2.75) is 31.2 Å². The maximum atomic E-state index is 6.03. The van der Waals surface area contributed by atoms with Crippen LogP contribution in [0.15, 0.2) is 53.4 Å². The molecule has 0 aliphatic carbocycles. The Kier molecular flexibility index (Phi) is 6.15. The van der Waals surface area contributed by atoms with Gasteiger partial charge in [0.05, 0.1) is 0 Å². The summed E-state index contributed by atoms with van der Waals surface area (Å²) in [6.45, 7) is 3.82. The number of unbranched alkanes of at least 4 members (excludes halogenated alkanes) is 1. The molecule has 2 nitrogen and oxygen atoms in total. The second kappa shape index (κ2) is 8.11. The van der Waals surface area contributed by atoms with E-state index in [1.54, 1.807) is 11.8 Å². The van der Waals surface area contributed by atoms with Gasteiger partial charge in [-0.1, -0.05) is 37.6 Å². The van der Waals surface area contributed by atoms with Gasteiger partial charge in [-0.15, -0.1) is 11.8 Å². The number of nitrogens with two attached hydrogens (primary N) is 1. The maximum Gasteiger partial charge on any atom is 0.0467 e. The summed E-state index contributed by atoms with van der Waals surface area (Å²) in [7, 11) is 0. The summed E-state index contributed by atoms with van der Waals surface area (Å²) in [4.78, 5) is 3.67. The summed E-state index contributed by atoms with van der Waals surface area (Å²) < 4.78 is 0. The monoisotopic (exact) mass is 300 g/mol. The highest BCUT2D eigenvalue weighted by atomic mass is 32.2. The van der Waals surface area contributed by atoms with Crippen LogP contribution in [-0.2, 0) is 6.54 Å². The topological polar surface area (TPSA) is 29.3 Å². The average Bonchev–Trinajstić information content (AvgIpc) is 2.55. The van der Waals surface area contributed by atoms with Crippen molar-refractivity contribution in [2.75, 3.05) is 17.7 Å². The zero-order chi connectivity index (χ0) is 15.1. The fourth-order valence-corrected chi connectivity index (χ4v) is 3.17. The largest absolute Gasteiger partial charge is 0.341 e. The van der Waals surface area contributed by atoms with Crippen molar-refractivity contribution >= 4 is 23.1 Å². The van der Waals surface area contributed by atoms with Gasteiger partial charge in [-0.05, 0) is 36.9 Å². The lowest BCUT2D eigenvalue weighted by molar-refractivity contribution is 0.781. The van der Waals surface area contributed by atoms with Crippen LogP contribution in [0, 0.1) is 0 Å². The van der Waals surface area contributed by atoms with Crippen LogP contribution in [0.1, 0.15) is 25.3 Å². The Morgan fingerprint density at radius 1 is 1.05 bits per heavy atom. The second-order valence-corrected chi connectivity index (χ2v) is 5.85. The third-order valence-corrected chi connectivity index (χ3v) is 4.45. The summed E-state index contributed by atoms with van der Waals surface area (Å²) >= 11 is 1.76. The van der Waals surface area contributed by atoms with Crippen LogP contribution in [0.4, 0.5) is 11.4 Å². The Bertz CT molecular complexity index is 554. The van der Waals surface area contributed by atoms with E-state index in [9.17, 15) is 0 Å². The lowest BCUT2D eigenvalue weighted by Crippen LogP contribution is -2.21. The first-order valence-corrected chi connectivity index (χ1v) is 8.72. The maximum absolute atomic E-state index is 6.03. The van der Waals surface area contributed by atoms with Crippen LogP contribution in [0.2, 0.25) is 0 Å². The molecule has 0 aliphatic heterocycles. The minimum absolute atomic E-state index is 0.571. The van der Waals surface area contributed by atoms with Crippen LogP contribution in [0.5, 0.6) is 0 Å². The molecule has 0 heterocycles. The summed E-state index contributed by atoms with van der Waals surface area (Å²) in [5.74, 6) is 0. The Hall–Kier alpha value is -1.45. The summed E-state index contributed by atoms with van der Waals surface area (Å²) in [5.41, 5.74) is 9.75. The number of thioether (sulfide) groups is 1. The second-order valence-electron chi connectivity index (χ2n) is 5.00. The molecule has 112 valence electrons. The van der Waals surface area contributed by atoms with E-state index in [1.807, 2.05) is 0 Å². The quantitative estimate of drug-likeness (QED) is 0.744. The van der Waals surface area contributed by atoms with Gasteiger partial charge in [0.1, 0.15) is 0 Å². The summed E-state index contributed by atoms with van der Waals surface area (Å²) in [6, 6.07) is 17.0. The molecule has 2 N–H and O–H groups in total. The standard InChI is InChI=1S/C18H24N2S/c1-3-4-13-20(15-9-6-5-7-10-15)17-11-8-12-18(21-2)16(17)14-19/h5-12H,3-4,13-14,19H2,1-2H3. The zero-order valence-corrected chi connectivity index (χ0v) is 13.7. The molecule has 0 aromatic heterocycles. The number of hydrogen-bond donors (Lipinski definition) is 1. The number of benzene rings is 2. The van der Waals surface area contributed by atoms with E-state index in [0.29, 0.717) is 6.54 Å². The van der Waals surface area contributed by atoms with Crippen molar-refractivity contribution in [3.05, 3.63) is 54.1 Å². The lowest BCUT2D eigenvalue weighted by atomic mass is 10.1. The van der Waals surface area contributed by atoms with Crippen LogP contribution in [0.3, 0.4) is 0 Å². The van der Waals surface area contributed by atoms with E-state index in [-0.39, 0.29) is 0 Å². The van der Waals surface area contributed by atoms with Crippen molar-refractivity contribution < 1.29 is 0 Å². The van der Waals surface area contributed by atoms with Crippen LogP contribution < -0.4 is 10.6 Å². The molecule has 0 unspecified atom stereocenters. The first kappa shape index (κ1) is 15.9.